The molecule has 1 atom stereocenters. The Labute approximate surface area is 221 Å². The number of hydrogen-bond acceptors (Lipinski definition) is 6. The number of aromatic nitrogens is 3. The molecule has 1 aliphatic heterocycles. The summed E-state index contributed by atoms with van der Waals surface area (Å²) in [6.07, 6.45) is 5.69. The smallest absolute Gasteiger partial charge is 0.251 e. The summed E-state index contributed by atoms with van der Waals surface area (Å²) in [6.45, 7) is 5.12. The molecule has 0 bridgehead atoms. The van der Waals surface area contributed by atoms with E-state index < -0.39 is 0 Å². The number of nitrogens with one attached hydrogen (secondary N) is 1. The van der Waals surface area contributed by atoms with Crippen LogP contribution in [-0.4, -0.2) is 79.6 Å². The second-order valence-electron chi connectivity index (χ2n) is 9.38. The van der Waals surface area contributed by atoms with E-state index in [1.165, 1.54) is 0 Å². The molecule has 1 saturated heterocycles. The highest BCUT2D eigenvalue weighted by molar-refractivity contribution is 6.30. The van der Waals surface area contributed by atoms with Gasteiger partial charge in [-0.05, 0) is 42.4 Å². The minimum absolute atomic E-state index is 0.0748. The molecule has 0 radical (unpaired) electrons. The van der Waals surface area contributed by atoms with Crippen molar-refractivity contribution in [1.29, 1.82) is 0 Å². The molecule has 3 aromatic heterocycles. The molecule has 0 saturated carbocycles. The zero-order valence-corrected chi connectivity index (χ0v) is 21.9. The number of aromatic amines is 1. The van der Waals surface area contributed by atoms with Gasteiger partial charge in [0.2, 0.25) is 0 Å². The largest absolute Gasteiger partial charge is 0.383 e. The van der Waals surface area contributed by atoms with Gasteiger partial charge < -0.3 is 28.8 Å². The highest BCUT2D eigenvalue weighted by atomic mass is 35.5. The maximum atomic E-state index is 13.5. The Balaban J connectivity index is 1.49. The number of rotatable bonds is 9. The lowest BCUT2D eigenvalue weighted by Gasteiger charge is -2.28. The summed E-state index contributed by atoms with van der Waals surface area (Å²) >= 11 is 6.31. The Hall–Kier alpha value is -3.17. The molecule has 194 valence electrons. The van der Waals surface area contributed by atoms with Gasteiger partial charge in [-0.2, -0.15) is 0 Å². The lowest BCUT2D eigenvalue weighted by atomic mass is 10.0. The van der Waals surface area contributed by atoms with Gasteiger partial charge in [-0.1, -0.05) is 23.7 Å². The molecule has 0 unspecified atom stereocenters. The number of fused-ring (bicyclic) bond motifs is 1. The lowest BCUT2D eigenvalue weighted by molar-refractivity contribution is 0.122. The predicted molar refractivity (Wildman–Crippen MR) is 148 cm³/mol. The molecule has 0 aliphatic carbocycles. The minimum atomic E-state index is -0.195. The van der Waals surface area contributed by atoms with Gasteiger partial charge in [-0.15, -0.1) is 0 Å². The van der Waals surface area contributed by atoms with Crippen LogP contribution in [0.1, 0.15) is 11.6 Å². The van der Waals surface area contributed by atoms with Crippen LogP contribution < -0.4 is 10.5 Å². The van der Waals surface area contributed by atoms with Crippen molar-refractivity contribution in [3.8, 4) is 11.1 Å². The predicted octanol–water partition coefficient (Wildman–Crippen LogP) is 4.05. The Morgan fingerprint density at radius 3 is 2.81 bits per heavy atom. The molecule has 37 heavy (non-hydrogen) atoms. The van der Waals surface area contributed by atoms with Crippen molar-refractivity contribution in [3.63, 3.8) is 0 Å². The van der Waals surface area contributed by atoms with Crippen LogP contribution in [0, 0.1) is 0 Å². The fraction of sp³-hybridized carbons (Fsp3) is 0.357. The van der Waals surface area contributed by atoms with E-state index in [1.807, 2.05) is 56.0 Å². The molecule has 4 aromatic rings. The Bertz CT molecular complexity index is 1410. The highest BCUT2D eigenvalue weighted by Crippen LogP contribution is 2.30. The summed E-state index contributed by atoms with van der Waals surface area (Å²) in [5.41, 5.74) is 4.58. The average Bonchev–Trinajstić information content (AvgIpc) is 3.34. The van der Waals surface area contributed by atoms with Gasteiger partial charge in [-0.3, -0.25) is 4.79 Å². The standard InChI is InChI=1S/C28H32ClN5O3/c1-32(8-11-36-2)19-26(21-4-3-5-22(29)14-21)34-7-6-20(15-27(34)35)25-18-31-28-24(25)16-23(17-30-28)33-9-12-37-13-10-33/h3-7,14-18,26H,8-13,19H2,1-2H3,(H,30,31)/t26-/m1/s1. The van der Waals surface area contributed by atoms with E-state index in [9.17, 15) is 4.79 Å². The van der Waals surface area contributed by atoms with E-state index in [1.54, 1.807) is 17.7 Å². The second kappa shape index (κ2) is 11.5. The van der Waals surface area contributed by atoms with Crippen LogP contribution >= 0.6 is 11.6 Å². The molecule has 1 fully saturated rings. The van der Waals surface area contributed by atoms with Crippen molar-refractivity contribution in [3.05, 3.63) is 82.0 Å². The summed E-state index contributed by atoms with van der Waals surface area (Å²) in [5, 5.41) is 1.64. The van der Waals surface area contributed by atoms with Gasteiger partial charge in [0.25, 0.3) is 5.56 Å². The average molecular weight is 522 g/mol. The number of ether oxygens (including phenoxy) is 2. The minimum Gasteiger partial charge on any atom is -0.383 e. The van der Waals surface area contributed by atoms with E-state index in [-0.39, 0.29) is 11.6 Å². The number of likely N-dealkylation sites (N-methyl/N-ethyl adjacent to an activating group) is 1. The van der Waals surface area contributed by atoms with Gasteiger partial charge in [0, 0.05) is 67.7 Å². The second-order valence-corrected chi connectivity index (χ2v) is 9.81. The van der Waals surface area contributed by atoms with Gasteiger partial charge in [0.15, 0.2) is 0 Å². The van der Waals surface area contributed by atoms with Crippen molar-refractivity contribution in [2.45, 2.75) is 6.04 Å². The Morgan fingerprint density at radius 2 is 2.05 bits per heavy atom. The van der Waals surface area contributed by atoms with Crippen LogP contribution in [0.4, 0.5) is 5.69 Å². The summed E-state index contributed by atoms with van der Waals surface area (Å²) in [5.74, 6) is 0. The first kappa shape index (κ1) is 25.5. The number of anilines is 1. The molecule has 4 heterocycles. The summed E-state index contributed by atoms with van der Waals surface area (Å²) in [7, 11) is 3.72. The first-order chi connectivity index (χ1) is 18.0. The number of pyridine rings is 2. The van der Waals surface area contributed by atoms with E-state index in [0.717, 1.165) is 53.0 Å². The number of halogens is 1. The van der Waals surface area contributed by atoms with Crippen LogP contribution in [-0.2, 0) is 9.47 Å². The first-order valence-electron chi connectivity index (χ1n) is 12.5. The molecule has 1 aliphatic rings. The molecule has 8 nitrogen and oxygen atoms in total. The zero-order valence-electron chi connectivity index (χ0n) is 21.2. The molecule has 0 amide bonds. The Morgan fingerprint density at radius 1 is 1.22 bits per heavy atom. The third kappa shape index (κ3) is 5.72. The zero-order chi connectivity index (χ0) is 25.8. The number of nitrogens with zero attached hydrogens (tertiary/aromatic N) is 4. The van der Waals surface area contributed by atoms with E-state index in [4.69, 9.17) is 21.1 Å². The van der Waals surface area contributed by atoms with Crippen LogP contribution in [0.15, 0.2) is 65.8 Å². The van der Waals surface area contributed by atoms with Crippen molar-refractivity contribution in [1.82, 2.24) is 19.4 Å². The number of morpholine rings is 1. The monoisotopic (exact) mass is 521 g/mol. The number of H-pyrrole nitrogens is 1. The normalized spacial score (nSPS) is 15.0. The molecule has 0 spiro atoms. The van der Waals surface area contributed by atoms with Gasteiger partial charge >= 0.3 is 0 Å². The van der Waals surface area contributed by atoms with Gasteiger partial charge in [0.1, 0.15) is 5.65 Å². The third-order valence-corrected chi connectivity index (χ3v) is 7.12. The number of methoxy groups -OCH3 is 1. The fourth-order valence-electron chi connectivity index (χ4n) is 4.84. The number of hydrogen-bond donors (Lipinski definition) is 1. The van der Waals surface area contributed by atoms with Crippen molar-refractivity contribution in [2.24, 2.45) is 0 Å². The van der Waals surface area contributed by atoms with Crippen molar-refractivity contribution in [2.75, 3.05) is 65.1 Å². The summed E-state index contributed by atoms with van der Waals surface area (Å²) < 4.78 is 12.5. The van der Waals surface area contributed by atoms with Crippen LogP contribution in [0.5, 0.6) is 0 Å². The molecule has 1 aromatic carbocycles. The third-order valence-electron chi connectivity index (χ3n) is 6.88. The maximum Gasteiger partial charge on any atom is 0.251 e. The molecule has 1 N–H and O–H groups in total. The van der Waals surface area contributed by atoms with Crippen molar-refractivity contribution < 1.29 is 9.47 Å². The van der Waals surface area contributed by atoms with E-state index >= 15 is 0 Å². The molecule has 9 heteroatoms. The summed E-state index contributed by atoms with van der Waals surface area (Å²) in [4.78, 5) is 25.8. The Kier molecular flexibility index (Phi) is 7.90. The van der Waals surface area contributed by atoms with Crippen LogP contribution in [0.2, 0.25) is 5.02 Å². The van der Waals surface area contributed by atoms with Crippen LogP contribution in [0.3, 0.4) is 0 Å². The summed E-state index contributed by atoms with van der Waals surface area (Å²) in [6, 6.07) is 13.4. The fourth-order valence-corrected chi connectivity index (χ4v) is 5.04. The van der Waals surface area contributed by atoms with Crippen molar-refractivity contribution >= 4 is 28.3 Å². The maximum absolute atomic E-state index is 13.5. The SMILES string of the molecule is COCCN(C)C[C@H](c1cccc(Cl)c1)n1ccc(-c2c[nH]c3ncc(N4CCOCC4)cc23)cc1=O. The van der Waals surface area contributed by atoms with Crippen LogP contribution in [0.25, 0.3) is 22.2 Å². The topological polar surface area (TPSA) is 75.6 Å². The number of benzene rings is 1. The molecule has 5 rings (SSSR count). The molecular formula is C28H32ClN5O3. The van der Waals surface area contributed by atoms with Gasteiger partial charge in [-0.25, -0.2) is 4.98 Å². The lowest BCUT2D eigenvalue weighted by Crippen LogP contribution is -2.36. The highest BCUT2D eigenvalue weighted by Gasteiger charge is 2.19. The van der Waals surface area contributed by atoms with Gasteiger partial charge in [0.05, 0.1) is 37.7 Å². The molecular weight excluding hydrogens is 490 g/mol. The quantitative estimate of drug-likeness (QED) is 0.358. The van der Waals surface area contributed by atoms with E-state index in [0.29, 0.717) is 31.4 Å². The first-order valence-corrected chi connectivity index (χ1v) is 12.9. The van der Waals surface area contributed by atoms with E-state index in [2.05, 4.69) is 25.8 Å².